The van der Waals surface area contributed by atoms with Gasteiger partial charge in [-0.1, -0.05) is 36.9 Å². The molecule has 0 spiro atoms. The molecule has 1 aliphatic heterocycles. The van der Waals surface area contributed by atoms with Crippen molar-refractivity contribution in [2.75, 3.05) is 7.11 Å². The lowest BCUT2D eigenvalue weighted by Gasteiger charge is -2.37. The van der Waals surface area contributed by atoms with E-state index < -0.39 is 8.07 Å². The Morgan fingerprint density at radius 2 is 1.78 bits per heavy atom. The van der Waals surface area contributed by atoms with Crippen molar-refractivity contribution >= 4 is 24.6 Å². The molecule has 2 aromatic carbocycles. The van der Waals surface area contributed by atoms with E-state index in [2.05, 4.69) is 26.1 Å². The largest absolute Gasteiger partial charge is 0.508 e. The Bertz CT molecular complexity index is 1070. The summed E-state index contributed by atoms with van der Waals surface area (Å²) in [4.78, 5) is 12.2. The van der Waals surface area contributed by atoms with E-state index >= 15 is 0 Å². The number of allylic oxidation sites excluding steroid dienone is 5. The van der Waals surface area contributed by atoms with Crippen molar-refractivity contribution in [3.05, 3.63) is 82.1 Å². The van der Waals surface area contributed by atoms with Crippen molar-refractivity contribution in [2.45, 2.75) is 20.0 Å². The number of hydrogen-bond donors (Lipinski definition) is 1. The molecule has 0 radical (unpaired) electrons. The molecule has 3 nitrogen and oxygen atoms in total. The van der Waals surface area contributed by atoms with Crippen LogP contribution in [0.25, 0.3) is 5.57 Å². The third kappa shape index (κ3) is 2.68. The molecular weight excluding hydrogens is 352 g/mol. The normalized spacial score (nSPS) is 17.3. The smallest absolute Gasteiger partial charge is 0.178 e. The summed E-state index contributed by atoms with van der Waals surface area (Å²) in [5.41, 5.74) is 5.41. The number of rotatable bonds is 2. The third-order valence-corrected chi connectivity index (χ3v) is 9.02. The molecule has 0 bridgehead atoms. The molecule has 0 amide bonds. The minimum absolute atomic E-state index is 0.0217. The third-order valence-electron chi connectivity index (χ3n) is 5.50. The Labute approximate surface area is 160 Å². The Kier molecular flexibility index (Phi) is 3.97. The van der Waals surface area contributed by atoms with E-state index in [9.17, 15) is 9.90 Å². The fraction of sp³-hybridized carbons (Fsp3) is 0.174. The molecule has 0 unspecified atom stereocenters. The summed E-state index contributed by atoms with van der Waals surface area (Å²) in [5.74, 6) is 1.08. The second-order valence-corrected chi connectivity index (χ2v) is 12.0. The summed E-state index contributed by atoms with van der Waals surface area (Å²) in [6.45, 7) is 6.52. The van der Waals surface area contributed by atoms with Gasteiger partial charge in [-0.25, -0.2) is 0 Å². The number of phenolic OH excluding ortho intramolecular Hbond substituents is 1. The summed E-state index contributed by atoms with van der Waals surface area (Å²) in [6.07, 6.45) is 5.35. The van der Waals surface area contributed by atoms with Gasteiger partial charge >= 0.3 is 0 Å². The number of aryl methyl sites for hydroxylation is 1. The molecule has 1 aliphatic carbocycles. The van der Waals surface area contributed by atoms with Crippen molar-refractivity contribution in [1.29, 1.82) is 0 Å². The second kappa shape index (κ2) is 6.10. The first kappa shape index (κ1) is 17.6. The van der Waals surface area contributed by atoms with E-state index in [0.29, 0.717) is 0 Å². The number of methoxy groups -OCH3 is 1. The molecular formula is C23H22O3Si. The minimum atomic E-state index is -2.13. The van der Waals surface area contributed by atoms with Crippen LogP contribution in [0.1, 0.15) is 16.7 Å². The lowest BCUT2D eigenvalue weighted by atomic mass is 9.88. The molecule has 4 heteroatoms. The van der Waals surface area contributed by atoms with E-state index in [1.807, 2.05) is 30.3 Å². The summed E-state index contributed by atoms with van der Waals surface area (Å²) >= 11 is 0. The van der Waals surface area contributed by atoms with Crippen molar-refractivity contribution in [3.8, 4) is 11.5 Å². The van der Waals surface area contributed by atoms with Crippen LogP contribution in [0.15, 0.2) is 65.4 Å². The van der Waals surface area contributed by atoms with Gasteiger partial charge in [-0.05, 0) is 70.4 Å². The van der Waals surface area contributed by atoms with Crippen molar-refractivity contribution in [1.82, 2.24) is 0 Å². The van der Waals surface area contributed by atoms with Gasteiger partial charge < -0.3 is 9.84 Å². The van der Waals surface area contributed by atoms with Crippen LogP contribution in [0.2, 0.25) is 13.1 Å². The van der Waals surface area contributed by atoms with Crippen LogP contribution < -0.4 is 9.92 Å². The molecule has 0 atom stereocenters. The average Bonchev–Trinajstić information content (AvgIpc) is 2.63. The first-order valence-corrected chi connectivity index (χ1v) is 12.0. The summed E-state index contributed by atoms with van der Waals surface area (Å²) in [7, 11) is -0.456. The van der Waals surface area contributed by atoms with Crippen LogP contribution in [0.4, 0.5) is 0 Å². The van der Waals surface area contributed by atoms with Gasteiger partial charge in [-0.15, -0.1) is 0 Å². The van der Waals surface area contributed by atoms with E-state index in [1.165, 1.54) is 0 Å². The number of phenols is 1. The number of carbonyl (C=O) groups excluding carboxylic acids is 1. The summed E-state index contributed by atoms with van der Waals surface area (Å²) in [5, 5.41) is 12.4. The summed E-state index contributed by atoms with van der Waals surface area (Å²) in [6, 6.07) is 11.7. The zero-order valence-corrected chi connectivity index (χ0v) is 17.0. The van der Waals surface area contributed by atoms with Gasteiger partial charge in [0.15, 0.2) is 5.78 Å². The van der Waals surface area contributed by atoms with Crippen molar-refractivity contribution in [2.24, 2.45) is 0 Å². The molecule has 1 N–H and O–H groups in total. The monoisotopic (exact) mass is 374 g/mol. The maximum absolute atomic E-state index is 12.2. The van der Waals surface area contributed by atoms with Gasteiger partial charge in [0.05, 0.1) is 7.11 Å². The number of ether oxygens (including phenoxy) is 1. The quantitative estimate of drug-likeness (QED) is 0.807. The number of benzene rings is 2. The van der Waals surface area contributed by atoms with Gasteiger partial charge in [-0.2, -0.15) is 0 Å². The zero-order chi connectivity index (χ0) is 19.3. The number of aromatic hydroxyl groups is 1. The Morgan fingerprint density at radius 1 is 1.00 bits per heavy atom. The highest BCUT2D eigenvalue weighted by Crippen LogP contribution is 2.44. The number of fused-ring (bicyclic) bond motifs is 2. The minimum Gasteiger partial charge on any atom is -0.508 e. The molecule has 27 heavy (non-hydrogen) atoms. The van der Waals surface area contributed by atoms with Crippen molar-refractivity contribution in [3.63, 3.8) is 0 Å². The number of hydrogen-bond acceptors (Lipinski definition) is 3. The predicted octanol–water partition coefficient (Wildman–Crippen LogP) is 4.04. The molecule has 136 valence electrons. The van der Waals surface area contributed by atoms with Gasteiger partial charge in [0.2, 0.25) is 0 Å². The van der Waals surface area contributed by atoms with Gasteiger partial charge in [0.25, 0.3) is 0 Å². The molecule has 0 aromatic heterocycles. The number of ketones is 1. The maximum atomic E-state index is 12.2. The van der Waals surface area contributed by atoms with Crippen LogP contribution >= 0.6 is 0 Å². The molecule has 1 heterocycles. The van der Waals surface area contributed by atoms with Crippen molar-refractivity contribution < 1.29 is 14.6 Å². The van der Waals surface area contributed by atoms with Crippen LogP contribution in [0.3, 0.4) is 0 Å². The van der Waals surface area contributed by atoms with Crippen LogP contribution in [-0.4, -0.2) is 26.1 Å². The molecule has 4 rings (SSSR count). The first-order chi connectivity index (χ1) is 12.8. The van der Waals surface area contributed by atoms with E-state index in [4.69, 9.17) is 4.74 Å². The average molecular weight is 375 g/mol. The van der Waals surface area contributed by atoms with Gasteiger partial charge in [0, 0.05) is 5.56 Å². The van der Waals surface area contributed by atoms with Gasteiger partial charge in [-0.3, -0.25) is 4.79 Å². The molecule has 0 fully saturated rings. The summed E-state index contributed by atoms with van der Waals surface area (Å²) < 4.78 is 5.66. The molecule has 0 saturated heterocycles. The topological polar surface area (TPSA) is 46.5 Å². The van der Waals surface area contributed by atoms with E-state index in [0.717, 1.165) is 44.0 Å². The lowest BCUT2D eigenvalue weighted by Crippen LogP contribution is -2.49. The van der Waals surface area contributed by atoms with Gasteiger partial charge in [0.1, 0.15) is 19.6 Å². The zero-order valence-electron chi connectivity index (χ0n) is 16.0. The van der Waals surface area contributed by atoms with Crippen LogP contribution in [0, 0.1) is 6.92 Å². The highest BCUT2D eigenvalue weighted by atomic mass is 28.3. The van der Waals surface area contributed by atoms with E-state index in [1.54, 1.807) is 25.3 Å². The molecule has 0 saturated carbocycles. The molecule has 2 aliphatic rings. The van der Waals surface area contributed by atoms with Crippen LogP contribution in [-0.2, 0) is 4.79 Å². The fourth-order valence-corrected chi connectivity index (χ4v) is 7.19. The number of carbonyl (C=O) groups is 1. The Balaban J connectivity index is 2.14. The molecule has 2 aromatic rings. The standard InChI is InChI=1S/C23H22O3Si/c1-14-5-10-20(26-2)19(11-14)23-17-8-6-15(24)12-21(17)27(3,4)22-13-16(25)7-9-18(22)23/h5-13,24H,1-4H3. The van der Waals surface area contributed by atoms with E-state index in [-0.39, 0.29) is 11.5 Å². The predicted molar refractivity (Wildman–Crippen MR) is 111 cm³/mol. The SMILES string of the molecule is COc1ccc(C)cc1C1=C2C=CC(=O)C=C2[Si](C)(C)c2cc(O)ccc21. The fourth-order valence-electron chi connectivity index (χ4n) is 4.12. The lowest BCUT2D eigenvalue weighted by molar-refractivity contribution is -0.110. The Hall–Kier alpha value is -2.85. The van der Waals surface area contributed by atoms with Crippen LogP contribution in [0.5, 0.6) is 11.5 Å². The first-order valence-electron chi connectivity index (χ1n) is 9.00. The maximum Gasteiger partial charge on any atom is 0.178 e. The second-order valence-electron chi connectivity index (χ2n) is 7.64. The highest BCUT2D eigenvalue weighted by Gasteiger charge is 2.40. The Morgan fingerprint density at radius 3 is 2.52 bits per heavy atom. The highest BCUT2D eigenvalue weighted by molar-refractivity contribution is 6.98.